The van der Waals surface area contributed by atoms with Gasteiger partial charge in [0.1, 0.15) is 0 Å². The third-order valence-corrected chi connectivity index (χ3v) is 10.5. The highest BCUT2D eigenvalue weighted by Crippen LogP contribution is 2.54. The summed E-state index contributed by atoms with van der Waals surface area (Å²) in [6.07, 6.45) is 0.444. The maximum Gasteiger partial charge on any atom is 0.362 e. The molecule has 1 N–H and O–H groups in total. The highest BCUT2D eigenvalue weighted by Gasteiger charge is 2.48. The molecule has 1 fully saturated rings. The number of halogens is 1. The van der Waals surface area contributed by atoms with Crippen molar-refractivity contribution in [2.75, 3.05) is 33.8 Å². The van der Waals surface area contributed by atoms with Gasteiger partial charge >= 0.3 is 6.87 Å². The first kappa shape index (κ1) is 30.4. The molecule has 0 radical (unpaired) electrons. The zero-order chi connectivity index (χ0) is 29.9. The summed E-state index contributed by atoms with van der Waals surface area (Å²) < 4.78 is 26.5. The SMILES string of the molecule is CC1=CC(C2CN(C(c3ccccc3)(c3ccccc3)c3ccccc3)C[C@@H](COP(=O)(Cl)N(C)C)O2)C(=O)NC1=O. The van der Waals surface area contributed by atoms with E-state index in [-0.39, 0.29) is 6.61 Å². The van der Waals surface area contributed by atoms with Gasteiger partial charge < -0.3 is 9.26 Å². The number of morpholine rings is 1. The first-order chi connectivity index (χ1) is 20.1. The molecule has 2 aliphatic heterocycles. The number of benzene rings is 3. The fraction of sp³-hybridized carbons (Fsp3) is 0.312. The fourth-order valence-corrected chi connectivity index (χ4v) is 6.55. The molecule has 42 heavy (non-hydrogen) atoms. The number of amides is 2. The number of carbonyl (C=O) groups excluding carboxylic acids is 2. The molecule has 1 saturated heterocycles. The van der Waals surface area contributed by atoms with Crippen LogP contribution in [0.1, 0.15) is 23.6 Å². The van der Waals surface area contributed by atoms with Gasteiger partial charge in [-0.1, -0.05) is 97.1 Å². The van der Waals surface area contributed by atoms with Gasteiger partial charge in [0, 0.05) is 18.7 Å². The molecule has 8 nitrogen and oxygen atoms in total. The molecular weight excluding hydrogens is 573 g/mol. The number of rotatable bonds is 9. The maximum atomic E-state index is 13.2. The molecule has 2 amide bonds. The Hall–Kier alpha value is -3.10. The van der Waals surface area contributed by atoms with Crippen molar-refractivity contribution in [3.05, 3.63) is 119 Å². The molecule has 0 saturated carbocycles. The van der Waals surface area contributed by atoms with E-state index in [1.165, 1.54) is 4.67 Å². The van der Waals surface area contributed by atoms with Gasteiger partial charge in [0.15, 0.2) is 0 Å². The van der Waals surface area contributed by atoms with E-state index in [4.69, 9.17) is 20.5 Å². The van der Waals surface area contributed by atoms with Gasteiger partial charge in [-0.05, 0) is 49.0 Å². The molecule has 10 heteroatoms. The van der Waals surface area contributed by atoms with Crippen molar-refractivity contribution in [1.29, 1.82) is 0 Å². The van der Waals surface area contributed by atoms with E-state index in [1.54, 1.807) is 27.1 Å². The van der Waals surface area contributed by atoms with Crippen LogP contribution >= 0.6 is 18.1 Å². The highest BCUT2D eigenvalue weighted by molar-refractivity contribution is 7.83. The van der Waals surface area contributed by atoms with E-state index in [1.807, 2.05) is 54.6 Å². The molecule has 2 aliphatic rings. The molecule has 3 unspecified atom stereocenters. The molecule has 3 aromatic rings. The van der Waals surface area contributed by atoms with Crippen LogP contribution in [0.15, 0.2) is 103 Å². The van der Waals surface area contributed by atoms with Gasteiger partial charge in [0.05, 0.1) is 30.3 Å². The van der Waals surface area contributed by atoms with Crippen molar-refractivity contribution in [3.8, 4) is 0 Å². The summed E-state index contributed by atoms with van der Waals surface area (Å²) in [5, 5.41) is 2.46. The van der Waals surface area contributed by atoms with E-state index in [0.29, 0.717) is 18.7 Å². The number of nitrogens with one attached hydrogen (secondary N) is 1. The van der Waals surface area contributed by atoms with E-state index < -0.39 is 42.4 Å². The normalized spacial score (nSPS) is 23.3. The molecule has 0 aromatic heterocycles. The van der Waals surface area contributed by atoms with Crippen molar-refractivity contribution >= 4 is 29.9 Å². The van der Waals surface area contributed by atoms with Crippen molar-refractivity contribution in [3.63, 3.8) is 0 Å². The molecule has 220 valence electrons. The van der Waals surface area contributed by atoms with Crippen molar-refractivity contribution < 1.29 is 23.4 Å². The Labute approximate surface area is 251 Å². The van der Waals surface area contributed by atoms with Crippen LogP contribution < -0.4 is 5.32 Å². The fourth-order valence-electron chi connectivity index (χ4n) is 5.80. The monoisotopic (exact) mass is 607 g/mol. The number of hydrogen-bond acceptors (Lipinski definition) is 6. The topological polar surface area (TPSA) is 88.2 Å². The summed E-state index contributed by atoms with van der Waals surface area (Å²) >= 11 is 6.23. The van der Waals surface area contributed by atoms with Crippen molar-refractivity contribution in [1.82, 2.24) is 14.9 Å². The summed E-state index contributed by atoms with van der Waals surface area (Å²) in [5.74, 6) is -1.55. The summed E-state index contributed by atoms with van der Waals surface area (Å²) in [7, 11) is 3.18. The van der Waals surface area contributed by atoms with Crippen LogP contribution in [0.2, 0.25) is 0 Å². The number of ether oxygens (including phenoxy) is 1. The Bertz CT molecular complexity index is 1390. The molecule has 4 atom stereocenters. The Morgan fingerprint density at radius 3 is 1.90 bits per heavy atom. The van der Waals surface area contributed by atoms with Crippen LogP contribution in [0.4, 0.5) is 0 Å². The minimum absolute atomic E-state index is 0.0592. The third-order valence-electron chi connectivity index (χ3n) is 7.87. The third kappa shape index (κ3) is 6.02. The van der Waals surface area contributed by atoms with Gasteiger partial charge in [-0.15, -0.1) is 0 Å². The first-order valence-electron chi connectivity index (χ1n) is 13.9. The zero-order valence-corrected chi connectivity index (χ0v) is 25.5. The van der Waals surface area contributed by atoms with Gasteiger partial charge in [0.25, 0.3) is 5.91 Å². The smallest absolute Gasteiger partial charge is 0.362 e. The second-order valence-electron chi connectivity index (χ2n) is 10.8. The first-order valence-corrected chi connectivity index (χ1v) is 16.3. The molecule has 0 spiro atoms. The lowest BCUT2D eigenvalue weighted by Crippen LogP contribution is -2.61. The number of nitrogens with zero attached hydrogens (tertiary/aromatic N) is 2. The molecule has 3 aromatic carbocycles. The average Bonchev–Trinajstić information content (AvgIpc) is 3.00. The second-order valence-corrected chi connectivity index (χ2v) is 14.0. The predicted molar refractivity (Wildman–Crippen MR) is 163 cm³/mol. The average molecular weight is 608 g/mol. The van der Waals surface area contributed by atoms with Crippen LogP contribution in [0.5, 0.6) is 0 Å². The van der Waals surface area contributed by atoms with Crippen LogP contribution in [-0.2, 0) is 29.0 Å². The molecular formula is C32H35ClN3O5P. The van der Waals surface area contributed by atoms with Gasteiger partial charge in [-0.2, -0.15) is 0 Å². The van der Waals surface area contributed by atoms with Crippen LogP contribution in [0, 0.1) is 5.92 Å². The van der Waals surface area contributed by atoms with Crippen molar-refractivity contribution in [2.24, 2.45) is 5.92 Å². The Kier molecular flexibility index (Phi) is 9.14. The summed E-state index contributed by atoms with van der Waals surface area (Å²) in [5.41, 5.74) is 2.78. The van der Waals surface area contributed by atoms with E-state index >= 15 is 0 Å². The number of imide groups is 1. The summed E-state index contributed by atoms with van der Waals surface area (Å²) in [4.78, 5) is 27.7. The van der Waals surface area contributed by atoms with Gasteiger partial charge in [0.2, 0.25) is 5.91 Å². The quantitative estimate of drug-likeness (QED) is 0.203. The Morgan fingerprint density at radius 1 is 0.929 bits per heavy atom. The van der Waals surface area contributed by atoms with Crippen molar-refractivity contribution in [2.45, 2.75) is 24.7 Å². The summed E-state index contributed by atoms with van der Waals surface area (Å²) in [6.45, 7) is -1.21. The predicted octanol–water partition coefficient (Wildman–Crippen LogP) is 5.19. The lowest BCUT2D eigenvalue weighted by molar-refractivity contribution is -0.150. The molecule has 0 bridgehead atoms. The lowest BCUT2D eigenvalue weighted by atomic mass is 9.74. The minimum Gasteiger partial charge on any atom is -0.369 e. The number of carbonyl (C=O) groups is 2. The van der Waals surface area contributed by atoms with Gasteiger partial charge in [-0.25, -0.2) is 4.67 Å². The van der Waals surface area contributed by atoms with Crippen LogP contribution in [-0.4, -0.2) is 67.4 Å². The van der Waals surface area contributed by atoms with E-state index in [0.717, 1.165) is 16.7 Å². The Balaban J connectivity index is 1.67. The number of hydrogen-bond donors (Lipinski definition) is 1. The standard InChI is InChI=1S/C32H35ClN3O5P/c1-23-19-28(31(38)34-30(23)37)29-21-36(20-27(41-29)22-40-42(33,39)35(2)3)32(24-13-7-4-8-14-24,25-15-9-5-10-16-25)26-17-11-6-12-18-26/h4-19,27-29H,20-22H2,1-3H3,(H,34,37,38)/t27-,28?,29?,42?/m0/s1. The lowest BCUT2D eigenvalue weighted by Gasteiger charge is -2.51. The molecule has 2 heterocycles. The largest absolute Gasteiger partial charge is 0.369 e. The second kappa shape index (κ2) is 12.6. The summed E-state index contributed by atoms with van der Waals surface area (Å²) in [6, 6.07) is 30.7. The minimum atomic E-state index is -3.58. The molecule has 5 rings (SSSR count). The van der Waals surface area contributed by atoms with E-state index in [9.17, 15) is 14.2 Å². The Morgan fingerprint density at radius 2 is 1.43 bits per heavy atom. The zero-order valence-electron chi connectivity index (χ0n) is 23.9. The molecule has 0 aliphatic carbocycles. The van der Waals surface area contributed by atoms with E-state index in [2.05, 4.69) is 46.6 Å². The van der Waals surface area contributed by atoms with Crippen LogP contribution in [0.25, 0.3) is 0 Å². The highest BCUT2D eigenvalue weighted by atomic mass is 35.7. The van der Waals surface area contributed by atoms with Gasteiger partial charge in [-0.3, -0.25) is 24.4 Å². The van der Waals surface area contributed by atoms with Crippen LogP contribution in [0.3, 0.4) is 0 Å². The maximum absolute atomic E-state index is 13.2.